The summed E-state index contributed by atoms with van der Waals surface area (Å²) in [4.78, 5) is 25.4. The fourth-order valence-electron chi connectivity index (χ4n) is 3.20. The fourth-order valence-corrected chi connectivity index (χ4v) is 3.20. The number of carbonyl (C=O) groups is 2. The van der Waals surface area contributed by atoms with Crippen LogP contribution in [0.25, 0.3) is 0 Å². The number of carboxylic acid groups (broad SMARTS) is 1. The average Bonchev–Trinajstić information content (AvgIpc) is 3.06. The summed E-state index contributed by atoms with van der Waals surface area (Å²) < 4.78 is 37.3. The number of ether oxygens (including phenoxy) is 2. The molecule has 6 nitrogen and oxygen atoms in total. The van der Waals surface area contributed by atoms with Crippen LogP contribution in [0, 0.1) is 11.6 Å². The lowest BCUT2D eigenvalue weighted by atomic mass is 10.1. The molecule has 3 rings (SSSR count). The monoisotopic (exact) mass is 391 g/mol. The fraction of sp³-hybridized carbons (Fsp3) is 0.300. The van der Waals surface area contributed by atoms with Crippen LogP contribution in [0.4, 0.5) is 8.78 Å². The van der Waals surface area contributed by atoms with Crippen LogP contribution in [0.3, 0.4) is 0 Å². The molecule has 1 heterocycles. The molecule has 1 N–H and O–H groups in total. The van der Waals surface area contributed by atoms with Crippen LogP contribution in [0.1, 0.15) is 23.2 Å². The summed E-state index contributed by atoms with van der Waals surface area (Å²) in [7, 11) is 1.52. The summed E-state index contributed by atoms with van der Waals surface area (Å²) in [5.41, 5.74) is 0.346. The van der Waals surface area contributed by atoms with Crippen molar-refractivity contribution in [2.45, 2.75) is 25.0 Å². The first-order valence-electron chi connectivity index (χ1n) is 8.66. The highest BCUT2D eigenvalue weighted by molar-refractivity contribution is 5.95. The van der Waals surface area contributed by atoms with E-state index in [0.29, 0.717) is 18.5 Å². The van der Waals surface area contributed by atoms with Crippen LogP contribution in [0.15, 0.2) is 42.5 Å². The number of likely N-dealkylation sites (tertiary alicyclic amines) is 1. The molecular weight excluding hydrogens is 372 g/mol. The molecular formula is C20H19F2NO5. The summed E-state index contributed by atoms with van der Waals surface area (Å²) in [6.45, 7) is 0.312. The number of benzene rings is 2. The van der Waals surface area contributed by atoms with Gasteiger partial charge in [0.05, 0.1) is 12.5 Å². The topological polar surface area (TPSA) is 76.1 Å². The highest BCUT2D eigenvalue weighted by Gasteiger charge is 2.36. The first-order valence-corrected chi connectivity index (χ1v) is 8.66. The lowest BCUT2D eigenvalue weighted by molar-refractivity contribution is -0.138. The molecule has 2 aromatic carbocycles. The van der Waals surface area contributed by atoms with E-state index < -0.39 is 23.6 Å². The number of amides is 1. The molecule has 0 aromatic heterocycles. The van der Waals surface area contributed by atoms with Crippen molar-refractivity contribution in [1.82, 2.24) is 4.90 Å². The molecule has 2 aromatic rings. The third kappa shape index (κ3) is 4.45. The number of rotatable bonds is 6. The zero-order valence-corrected chi connectivity index (χ0v) is 15.1. The van der Waals surface area contributed by atoms with Gasteiger partial charge in [0.2, 0.25) is 0 Å². The van der Waals surface area contributed by atoms with E-state index in [2.05, 4.69) is 0 Å². The van der Waals surface area contributed by atoms with Gasteiger partial charge in [-0.3, -0.25) is 9.59 Å². The maximum Gasteiger partial charge on any atom is 0.305 e. The first kappa shape index (κ1) is 19.8. The van der Waals surface area contributed by atoms with Crippen LogP contribution in [-0.2, 0) is 9.53 Å². The van der Waals surface area contributed by atoms with E-state index in [0.717, 1.165) is 12.1 Å². The van der Waals surface area contributed by atoms with Crippen molar-refractivity contribution < 1.29 is 33.0 Å². The number of nitrogens with zero attached hydrogens (tertiary/aromatic N) is 1. The predicted octanol–water partition coefficient (Wildman–Crippen LogP) is 3.46. The number of methoxy groups -OCH3 is 1. The van der Waals surface area contributed by atoms with Crippen molar-refractivity contribution in [3.63, 3.8) is 0 Å². The summed E-state index contributed by atoms with van der Waals surface area (Å²) in [5, 5.41) is 9.07. The van der Waals surface area contributed by atoms with E-state index in [1.165, 1.54) is 42.3 Å². The van der Waals surface area contributed by atoms with E-state index in [9.17, 15) is 18.4 Å². The lowest BCUT2D eigenvalue weighted by Gasteiger charge is -2.23. The molecule has 1 amide bonds. The second-order valence-corrected chi connectivity index (χ2v) is 6.50. The van der Waals surface area contributed by atoms with Crippen molar-refractivity contribution in [1.29, 1.82) is 0 Å². The number of carboxylic acids is 1. The van der Waals surface area contributed by atoms with Crippen molar-refractivity contribution in [2.75, 3.05) is 13.7 Å². The van der Waals surface area contributed by atoms with E-state index in [1.54, 1.807) is 0 Å². The Kier molecular flexibility index (Phi) is 5.89. The maximum absolute atomic E-state index is 13.7. The maximum atomic E-state index is 13.7. The van der Waals surface area contributed by atoms with Gasteiger partial charge >= 0.3 is 5.97 Å². The third-order valence-electron chi connectivity index (χ3n) is 4.60. The van der Waals surface area contributed by atoms with Crippen molar-refractivity contribution in [2.24, 2.45) is 0 Å². The SMILES string of the molecule is COC1CC(CC(=O)O)N(C(=O)c2ccc(Oc3ccc(F)cc3F)cc2)C1. The van der Waals surface area contributed by atoms with Crippen molar-refractivity contribution in [3.05, 3.63) is 59.7 Å². The zero-order valence-electron chi connectivity index (χ0n) is 15.1. The second kappa shape index (κ2) is 8.35. The number of hydrogen-bond acceptors (Lipinski definition) is 4. The summed E-state index contributed by atoms with van der Waals surface area (Å²) in [6, 6.07) is 8.54. The molecule has 2 unspecified atom stereocenters. The van der Waals surface area contributed by atoms with Gasteiger partial charge in [-0.15, -0.1) is 0 Å². The first-order chi connectivity index (χ1) is 13.4. The Morgan fingerprint density at radius 2 is 1.89 bits per heavy atom. The minimum absolute atomic E-state index is 0.135. The van der Waals surface area contributed by atoms with Gasteiger partial charge in [-0.05, 0) is 42.8 Å². The Hall–Kier alpha value is -3.00. The summed E-state index contributed by atoms with van der Waals surface area (Å²) in [5.74, 6) is -2.69. The highest BCUT2D eigenvalue weighted by atomic mass is 19.1. The van der Waals surface area contributed by atoms with Gasteiger partial charge in [0.15, 0.2) is 11.6 Å². The van der Waals surface area contributed by atoms with E-state index >= 15 is 0 Å². The number of carbonyl (C=O) groups excluding carboxylic acids is 1. The normalized spacial score (nSPS) is 18.9. The summed E-state index contributed by atoms with van der Waals surface area (Å²) in [6.07, 6.45) is 0.0910. The van der Waals surface area contributed by atoms with Crippen LogP contribution in [0.2, 0.25) is 0 Å². The molecule has 0 bridgehead atoms. The molecule has 0 radical (unpaired) electrons. The molecule has 2 atom stereocenters. The number of halogens is 2. The van der Waals surface area contributed by atoms with Crippen LogP contribution < -0.4 is 4.74 Å². The van der Waals surface area contributed by atoms with Gasteiger partial charge in [0.25, 0.3) is 5.91 Å². The van der Waals surface area contributed by atoms with Crippen LogP contribution in [-0.4, -0.2) is 47.7 Å². The Morgan fingerprint density at radius 1 is 1.18 bits per heavy atom. The Balaban J connectivity index is 1.73. The van der Waals surface area contributed by atoms with Gasteiger partial charge < -0.3 is 19.5 Å². The van der Waals surface area contributed by atoms with Gasteiger partial charge in [0.1, 0.15) is 11.6 Å². The molecule has 28 heavy (non-hydrogen) atoms. The third-order valence-corrected chi connectivity index (χ3v) is 4.60. The molecule has 1 aliphatic heterocycles. The van der Waals surface area contributed by atoms with Crippen LogP contribution >= 0.6 is 0 Å². The quantitative estimate of drug-likeness (QED) is 0.816. The molecule has 0 spiro atoms. The number of aliphatic carboxylic acids is 1. The summed E-state index contributed by atoms with van der Waals surface area (Å²) >= 11 is 0. The average molecular weight is 391 g/mol. The molecule has 1 aliphatic rings. The predicted molar refractivity (Wildman–Crippen MR) is 95.4 cm³/mol. The van der Waals surface area contributed by atoms with Gasteiger partial charge in [0, 0.05) is 31.3 Å². The van der Waals surface area contributed by atoms with Gasteiger partial charge in [-0.2, -0.15) is 0 Å². The molecule has 1 fully saturated rings. The van der Waals surface area contributed by atoms with E-state index in [-0.39, 0.29) is 29.9 Å². The Bertz CT molecular complexity index is 871. The standard InChI is InChI=1S/C20H19F2NO5/c1-27-16-9-14(10-19(24)25)23(11-16)20(26)12-2-5-15(6-3-12)28-18-7-4-13(21)8-17(18)22/h2-8,14,16H,9-11H2,1H3,(H,24,25). The second-order valence-electron chi connectivity index (χ2n) is 6.50. The van der Waals surface area contributed by atoms with Crippen molar-refractivity contribution in [3.8, 4) is 11.5 Å². The Morgan fingerprint density at radius 3 is 2.50 bits per heavy atom. The smallest absolute Gasteiger partial charge is 0.305 e. The van der Waals surface area contributed by atoms with E-state index in [1.807, 2.05) is 0 Å². The van der Waals surface area contributed by atoms with Gasteiger partial charge in [-0.25, -0.2) is 8.78 Å². The lowest BCUT2D eigenvalue weighted by Crippen LogP contribution is -2.37. The van der Waals surface area contributed by atoms with Gasteiger partial charge in [-0.1, -0.05) is 0 Å². The molecule has 8 heteroatoms. The highest BCUT2D eigenvalue weighted by Crippen LogP contribution is 2.27. The largest absolute Gasteiger partial charge is 0.481 e. The number of hydrogen-bond donors (Lipinski definition) is 1. The zero-order chi connectivity index (χ0) is 20.3. The molecule has 0 saturated carbocycles. The Labute approximate surface area is 160 Å². The molecule has 1 saturated heterocycles. The van der Waals surface area contributed by atoms with Crippen LogP contribution in [0.5, 0.6) is 11.5 Å². The minimum Gasteiger partial charge on any atom is -0.481 e. The van der Waals surface area contributed by atoms with E-state index in [4.69, 9.17) is 14.6 Å². The van der Waals surface area contributed by atoms with Crippen molar-refractivity contribution >= 4 is 11.9 Å². The molecule has 148 valence electrons. The molecule has 0 aliphatic carbocycles. The minimum atomic E-state index is -0.982.